The van der Waals surface area contributed by atoms with Crippen LogP contribution in [-0.4, -0.2) is 22.8 Å². The first-order chi connectivity index (χ1) is 10.4. The average molecular weight is 304 g/mol. The Morgan fingerprint density at radius 3 is 2.59 bits per heavy atom. The van der Waals surface area contributed by atoms with E-state index in [-0.39, 0.29) is 16.6 Å². The van der Waals surface area contributed by atoms with Crippen molar-refractivity contribution in [2.24, 2.45) is 34.5 Å². The van der Waals surface area contributed by atoms with E-state index >= 15 is 0 Å². The van der Waals surface area contributed by atoms with Crippen molar-refractivity contribution in [3.8, 4) is 0 Å². The van der Waals surface area contributed by atoms with Crippen LogP contribution in [0.25, 0.3) is 0 Å². The van der Waals surface area contributed by atoms with Crippen molar-refractivity contribution in [3.05, 3.63) is 0 Å². The lowest BCUT2D eigenvalue weighted by Gasteiger charge is -2.59. The predicted octanol–water partition coefficient (Wildman–Crippen LogP) is 3.14. The van der Waals surface area contributed by atoms with Crippen LogP contribution in [-0.2, 0) is 9.59 Å². The van der Waals surface area contributed by atoms with Gasteiger partial charge in [0.05, 0.1) is 0 Å². The van der Waals surface area contributed by atoms with Gasteiger partial charge >= 0.3 is 0 Å². The third kappa shape index (κ3) is 1.78. The minimum Gasteiger partial charge on any atom is -0.385 e. The van der Waals surface area contributed by atoms with E-state index in [9.17, 15) is 14.7 Å². The monoisotopic (exact) mass is 304 g/mol. The Morgan fingerprint density at radius 2 is 1.82 bits per heavy atom. The second kappa shape index (κ2) is 4.66. The van der Waals surface area contributed by atoms with Gasteiger partial charge in [-0.05, 0) is 67.6 Å². The van der Waals surface area contributed by atoms with E-state index in [2.05, 4.69) is 13.8 Å². The maximum atomic E-state index is 12.4. The van der Waals surface area contributed by atoms with Crippen molar-refractivity contribution >= 4 is 11.6 Å². The lowest BCUT2D eigenvalue weighted by molar-refractivity contribution is -0.156. The highest BCUT2D eigenvalue weighted by Crippen LogP contribution is 2.65. The molecule has 0 aromatic carbocycles. The summed E-state index contributed by atoms with van der Waals surface area (Å²) in [5.41, 5.74) is 0.0245. The predicted molar refractivity (Wildman–Crippen MR) is 83.1 cm³/mol. The van der Waals surface area contributed by atoms with E-state index in [1.165, 1.54) is 6.42 Å². The highest BCUT2D eigenvalue weighted by molar-refractivity contribution is 5.87. The third-order valence-electron chi connectivity index (χ3n) is 8.23. The van der Waals surface area contributed by atoms with Gasteiger partial charge in [0.1, 0.15) is 11.9 Å². The molecule has 2 unspecified atom stereocenters. The molecule has 0 amide bonds. The van der Waals surface area contributed by atoms with Gasteiger partial charge in [-0.25, -0.2) is 0 Å². The maximum Gasteiger partial charge on any atom is 0.161 e. The lowest BCUT2D eigenvalue weighted by atomic mass is 9.45. The standard InChI is InChI=1S/C19H28O3/c1-18-8-7-14-12(13(18)5-6-17(18)22)4-3-11-9-15(20)16(21)10-19(11,14)2/h11-14,16,21H,3-10H2,1-2H3/t11?,12-,13-,14-,16?,18-,19-/m0/s1. The smallest absolute Gasteiger partial charge is 0.161 e. The third-order valence-corrected chi connectivity index (χ3v) is 8.23. The van der Waals surface area contributed by atoms with Crippen LogP contribution in [0.1, 0.15) is 65.2 Å². The van der Waals surface area contributed by atoms with E-state index in [4.69, 9.17) is 0 Å². The molecule has 0 spiro atoms. The largest absolute Gasteiger partial charge is 0.385 e. The van der Waals surface area contributed by atoms with Crippen molar-refractivity contribution in [2.75, 3.05) is 0 Å². The van der Waals surface area contributed by atoms with E-state index in [0.717, 1.165) is 32.1 Å². The molecule has 3 heteroatoms. The zero-order valence-corrected chi connectivity index (χ0v) is 13.8. The summed E-state index contributed by atoms with van der Waals surface area (Å²) in [6.07, 6.45) is 6.72. The van der Waals surface area contributed by atoms with Gasteiger partial charge in [0.2, 0.25) is 0 Å². The van der Waals surface area contributed by atoms with Crippen LogP contribution in [0.15, 0.2) is 0 Å². The summed E-state index contributed by atoms with van der Waals surface area (Å²) in [6.45, 7) is 4.53. The second-order valence-electron chi connectivity index (χ2n) is 8.97. The number of rotatable bonds is 0. The van der Waals surface area contributed by atoms with Gasteiger partial charge in [-0.1, -0.05) is 13.8 Å². The number of Topliss-reactive ketones (excluding diaryl/α,β-unsaturated/α-hetero) is 2. The minimum atomic E-state index is -0.751. The SMILES string of the molecule is C[C@]12CC(O)C(=O)CC1CC[C@@H]1[C@@H]2CC[C@]2(C)C(=O)CC[C@@H]12. The van der Waals surface area contributed by atoms with Crippen LogP contribution in [0, 0.1) is 34.5 Å². The van der Waals surface area contributed by atoms with Crippen molar-refractivity contribution in [1.29, 1.82) is 0 Å². The molecular weight excluding hydrogens is 276 g/mol. The number of aliphatic hydroxyl groups is 1. The Bertz CT molecular complexity index is 527. The number of hydrogen-bond donors (Lipinski definition) is 1. The molecule has 0 aliphatic heterocycles. The van der Waals surface area contributed by atoms with E-state index in [0.29, 0.717) is 42.3 Å². The molecule has 0 saturated heterocycles. The van der Waals surface area contributed by atoms with Gasteiger partial charge in [0, 0.05) is 18.3 Å². The van der Waals surface area contributed by atoms with E-state index in [1.807, 2.05) is 0 Å². The molecule has 3 nitrogen and oxygen atoms in total. The Kier molecular flexibility index (Phi) is 3.15. The molecule has 22 heavy (non-hydrogen) atoms. The van der Waals surface area contributed by atoms with Crippen LogP contribution >= 0.6 is 0 Å². The van der Waals surface area contributed by atoms with Gasteiger partial charge in [-0.2, -0.15) is 0 Å². The first kappa shape index (κ1) is 14.9. The fourth-order valence-corrected chi connectivity index (χ4v) is 6.87. The molecule has 4 aliphatic carbocycles. The summed E-state index contributed by atoms with van der Waals surface area (Å²) in [4.78, 5) is 24.3. The molecule has 0 aromatic rings. The first-order valence-electron chi connectivity index (χ1n) is 9.10. The number of carbonyl (C=O) groups excluding carboxylic acids is 2. The topological polar surface area (TPSA) is 54.4 Å². The molecule has 1 N–H and O–H groups in total. The van der Waals surface area contributed by atoms with E-state index in [1.54, 1.807) is 0 Å². The summed E-state index contributed by atoms with van der Waals surface area (Å²) in [7, 11) is 0. The molecule has 4 fully saturated rings. The van der Waals surface area contributed by atoms with Crippen LogP contribution in [0.2, 0.25) is 0 Å². The van der Waals surface area contributed by atoms with Crippen LogP contribution in [0.5, 0.6) is 0 Å². The number of hydrogen-bond acceptors (Lipinski definition) is 3. The first-order valence-corrected chi connectivity index (χ1v) is 9.10. The Morgan fingerprint density at radius 1 is 1.05 bits per heavy atom. The van der Waals surface area contributed by atoms with E-state index < -0.39 is 6.10 Å². The van der Waals surface area contributed by atoms with Gasteiger partial charge in [0.25, 0.3) is 0 Å². The van der Waals surface area contributed by atoms with Gasteiger partial charge in [-0.15, -0.1) is 0 Å². The van der Waals surface area contributed by atoms with Crippen molar-refractivity contribution in [2.45, 2.75) is 71.3 Å². The summed E-state index contributed by atoms with van der Waals surface area (Å²) < 4.78 is 0. The molecule has 4 saturated carbocycles. The van der Waals surface area contributed by atoms with Gasteiger partial charge < -0.3 is 5.11 Å². The molecular formula is C19H28O3. The molecule has 0 radical (unpaired) electrons. The molecule has 4 aliphatic rings. The van der Waals surface area contributed by atoms with Crippen molar-refractivity contribution in [1.82, 2.24) is 0 Å². The second-order valence-corrected chi connectivity index (χ2v) is 8.97. The lowest BCUT2D eigenvalue weighted by Crippen LogP contribution is -2.55. The number of carbonyl (C=O) groups is 2. The molecule has 122 valence electrons. The van der Waals surface area contributed by atoms with Gasteiger partial charge in [-0.3, -0.25) is 9.59 Å². The molecule has 7 atom stereocenters. The Balaban J connectivity index is 1.66. The highest BCUT2D eigenvalue weighted by Gasteiger charge is 2.61. The number of aliphatic hydroxyl groups excluding tert-OH is 1. The molecule has 0 bridgehead atoms. The minimum absolute atomic E-state index is 0.0533. The van der Waals surface area contributed by atoms with Crippen molar-refractivity contribution < 1.29 is 14.7 Å². The van der Waals surface area contributed by atoms with Gasteiger partial charge in [0.15, 0.2) is 5.78 Å². The summed E-state index contributed by atoms with van der Waals surface area (Å²) >= 11 is 0. The van der Waals surface area contributed by atoms with Crippen LogP contribution in [0.4, 0.5) is 0 Å². The quantitative estimate of drug-likeness (QED) is 0.748. The normalized spacial score (nSPS) is 54.6. The van der Waals surface area contributed by atoms with Crippen LogP contribution in [0.3, 0.4) is 0 Å². The summed E-state index contributed by atoms with van der Waals surface area (Å²) in [5.74, 6) is 2.77. The maximum absolute atomic E-state index is 12.4. The fraction of sp³-hybridized carbons (Fsp3) is 0.895. The Labute approximate surface area is 132 Å². The molecule has 0 heterocycles. The summed E-state index contributed by atoms with van der Waals surface area (Å²) in [6, 6.07) is 0. The number of ketones is 2. The highest BCUT2D eigenvalue weighted by atomic mass is 16.3. The fourth-order valence-electron chi connectivity index (χ4n) is 6.87. The molecule has 0 aromatic heterocycles. The number of fused-ring (bicyclic) bond motifs is 5. The van der Waals surface area contributed by atoms with Crippen molar-refractivity contribution in [3.63, 3.8) is 0 Å². The Hall–Kier alpha value is -0.700. The van der Waals surface area contributed by atoms with Crippen LogP contribution < -0.4 is 0 Å². The zero-order valence-electron chi connectivity index (χ0n) is 13.8. The zero-order chi connectivity index (χ0) is 15.7. The average Bonchev–Trinajstić information content (AvgIpc) is 2.77. The summed E-state index contributed by atoms with van der Waals surface area (Å²) in [5, 5.41) is 10.1. The molecule has 4 rings (SSSR count).